The molecule has 0 saturated heterocycles. The monoisotopic (exact) mass is 311 g/mol. The zero-order chi connectivity index (χ0) is 16.2. The maximum Gasteiger partial charge on any atom is 0.295 e. The molecule has 0 radical (unpaired) electrons. The lowest BCUT2D eigenvalue weighted by atomic mass is 10.1. The lowest BCUT2D eigenvalue weighted by Gasteiger charge is -2.15. The average molecular weight is 311 g/mol. The highest BCUT2D eigenvalue weighted by Crippen LogP contribution is 2.10. The van der Waals surface area contributed by atoms with Crippen LogP contribution >= 0.6 is 0 Å². The number of benzene rings is 1. The third kappa shape index (κ3) is 3.63. The van der Waals surface area contributed by atoms with E-state index in [2.05, 4.69) is 15.1 Å². The number of hydrogen-bond donors (Lipinski definition) is 0. The van der Waals surface area contributed by atoms with Crippen molar-refractivity contribution in [3.63, 3.8) is 0 Å². The highest BCUT2D eigenvalue weighted by molar-refractivity contribution is 5.90. The molecule has 0 aliphatic rings. The molecule has 3 rings (SSSR count). The number of aromatic nitrogens is 4. The van der Waals surface area contributed by atoms with Gasteiger partial charge in [0.15, 0.2) is 0 Å². The smallest absolute Gasteiger partial charge is 0.295 e. The molecular weight excluding hydrogens is 294 g/mol. The number of imidazole rings is 1. The first-order valence-corrected chi connectivity index (χ1v) is 7.21. The molecule has 3 aromatic rings. The Kier molecular flexibility index (Phi) is 4.18. The van der Waals surface area contributed by atoms with Crippen molar-refractivity contribution in [2.75, 3.05) is 7.05 Å². The van der Waals surface area contributed by atoms with E-state index in [0.29, 0.717) is 12.4 Å². The highest BCUT2D eigenvalue weighted by atomic mass is 16.5. The minimum Gasteiger partial charge on any atom is -0.339 e. The SMILES string of the molecule is Cc1nc(C(=O)N(C)Cc2ccc(Cn3ccnc3)cc2)no1. The Labute approximate surface area is 133 Å². The zero-order valence-electron chi connectivity index (χ0n) is 13.0. The van der Waals surface area contributed by atoms with Crippen LogP contribution in [0.3, 0.4) is 0 Å². The maximum atomic E-state index is 12.2. The molecule has 0 atom stereocenters. The van der Waals surface area contributed by atoms with E-state index >= 15 is 0 Å². The summed E-state index contributed by atoms with van der Waals surface area (Å²) in [5.74, 6) is 0.205. The molecule has 0 N–H and O–H groups in total. The summed E-state index contributed by atoms with van der Waals surface area (Å²) < 4.78 is 6.84. The van der Waals surface area contributed by atoms with E-state index in [9.17, 15) is 4.79 Å². The Balaban J connectivity index is 1.62. The molecule has 0 unspecified atom stereocenters. The van der Waals surface area contributed by atoms with Crippen molar-refractivity contribution in [3.8, 4) is 0 Å². The third-order valence-corrected chi connectivity index (χ3v) is 3.43. The van der Waals surface area contributed by atoms with E-state index in [-0.39, 0.29) is 11.7 Å². The van der Waals surface area contributed by atoms with Crippen LogP contribution in [0.5, 0.6) is 0 Å². The fraction of sp³-hybridized carbons (Fsp3) is 0.250. The molecule has 1 aromatic carbocycles. The van der Waals surface area contributed by atoms with Gasteiger partial charge in [-0.05, 0) is 11.1 Å². The van der Waals surface area contributed by atoms with Gasteiger partial charge in [-0.15, -0.1) is 0 Å². The van der Waals surface area contributed by atoms with E-state index in [1.165, 1.54) is 5.56 Å². The number of carbonyl (C=O) groups is 1. The van der Waals surface area contributed by atoms with Gasteiger partial charge >= 0.3 is 0 Å². The van der Waals surface area contributed by atoms with Gasteiger partial charge < -0.3 is 14.0 Å². The highest BCUT2D eigenvalue weighted by Gasteiger charge is 2.17. The summed E-state index contributed by atoms with van der Waals surface area (Å²) in [4.78, 5) is 21.7. The van der Waals surface area contributed by atoms with Crippen LogP contribution in [0.1, 0.15) is 27.6 Å². The molecule has 0 saturated carbocycles. The topological polar surface area (TPSA) is 77.1 Å². The molecule has 2 aromatic heterocycles. The van der Waals surface area contributed by atoms with Crippen LogP contribution in [0.2, 0.25) is 0 Å². The second-order valence-corrected chi connectivity index (χ2v) is 5.35. The van der Waals surface area contributed by atoms with Gasteiger partial charge in [0.2, 0.25) is 5.89 Å². The molecule has 0 aliphatic heterocycles. The van der Waals surface area contributed by atoms with Crippen molar-refractivity contribution in [2.45, 2.75) is 20.0 Å². The van der Waals surface area contributed by atoms with Crippen LogP contribution < -0.4 is 0 Å². The number of amides is 1. The first-order valence-electron chi connectivity index (χ1n) is 7.21. The number of rotatable bonds is 5. The first kappa shape index (κ1) is 15.0. The van der Waals surface area contributed by atoms with Gasteiger partial charge in [-0.1, -0.05) is 29.4 Å². The fourth-order valence-corrected chi connectivity index (χ4v) is 2.24. The largest absolute Gasteiger partial charge is 0.339 e. The van der Waals surface area contributed by atoms with Gasteiger partial charge in [0, 0.05) is 39.5 Å². The van der Waals surface area contributed by atoms with Crippen molar-refractivity contribution in [1.82, 2.24) is 24.6 Å². The number of carbonyl (C=O) groups excluding carboxylic acids is 1. The summed E-state index contributed by atoms with van der Waals surface area (Å²) in [6.45, 7) is 2.91. The average Bonchev–Trinajstić information content (AvgIpc) is 3.20. The van der Waals surface area contributed by atoms with Gasteiger partial charge in [0.05, 0.1) is 6.33 Å². The van der Waals surface area contributed by atoms with Crippen molar-refractivity contribution in [1.29, 1.82) is 0 Å². The van der Waals surface area contributed by atoms with E-state index < -0.39 is 0 Å². The molecule has 7 heteroatoms. The number of nitrogens with zero attached hydrogens (tertiary/aromatic N) is 5. The Morgan fingerprint density at radius 3 is 2.61 bits per heavy atom. The standard InChI is InChI=1S/C16H17N5O2/c1-12-18-15(19-23-12)16(22)20(2)9-13-3-5-14(6-4-13)10-21-8-7-17-11-21/h3-8,11H,9-10H2,1-2H3. The fourth-order valence-electron chi connectivity index (χ4n) is 2.24. The Hall–Kier alpha value is -2.96. The van der Waals surface area contributed by atoms with Gasteiger partial charge in [-0.25, -0.2) is 4.98 Å². The third-order valence-electron chi connectivity index (χ3n) is 3.43. The molecule has 2 heterocycles. The molecule has 0 bridgehead atoms. The predicted molar refractivity (Wildman–Crippen MR) is 82.6 cm³/mol. The molecular formula is C16H17N5O2. The lowest BCUT2D eigenvalue weighted by Crippen LogP contribution is -2.27. The first-order chi connectivity index (χ1) is 11.1. The zero-order valence-corrected chi connectivity index (χ0v) is 13.0. The van der Waals surface area contributed by atoms with Crippen LogP contribution in [0, 0.1) is 6.92 Å². The summed E-state index contributed by atoms with van der Waals surface area (Å²) in [7, 11) is 1.72. The minimum atomic E-state index is -0.260. The summed E-state index contributed by atoms with van der Waals surface area (Å²) in [6, 6.07) is 8.12. The van der Waals surface area contributed by atoms with Crippen molar-refractivity contribution in [3.05, 3.63) is 65.8 Å². The van der Waals surface area contributed by atoms with E-state index in [1.807, 2.05) is 35.0 Å². The van der Waals surface area contributed by atoms with Gasteiger partial charge in [0.25, 0.3) is 11.7 Å². The van der Waals surface area contributed by atoms with Crippen LogP contribution in [0.15, 0.2) is 47.5 Å². The molecule has 0 spiro atoms. The molecule has 7 nitrogen and oxygen atoms in total. The number of aryl methyl sites for hydroxylation is 1. The van der Waals surface area contributed by atoms with E-state index in [4.69, 9.17) is 4.52 Å². The summed E-state index contributed by atoms with van der Waals surface area (Å²) in [5.41, 5.74) is 2.21. The summed E-state index contributed by atoms with van der Waals surface area (Å²) in [5, 5.41) is 3.65. The van der Waals surface area contributed by atoms with Crippen LogP contribution in [-0.4, -0.2) is 37.5 Å². The molecule has 23 heavy (non-hydrogen) atoms. The second-order valence-electron chi connectivity index (χ2n) is 5.35. The summed E-state index contributed by atoms with van der Waals surface area (Å²) >= 11 is 0. The van der Waals surface area contributed by atoms with E-state index in [1.54, 1.807) is 31.4 Å². The van der Waals surface area contributed by atoms with Crippen molar-refractivity contribution < 1.29 is 9.32 Å². The Morgan fingerprint density at radius 1 is 1.26 bits per heavy atom. The molecule has 0 aliphatic carbocycles. The Morgan fingerprint density at radius 2 is 2.00 bits per heavy atom. The normalized spacial score (nSPS) is 10.7. The van der Waals surface area contributed by atoms with Gasteiger partial charge in [-0.2, -0.15) is 4.98 Å². The van der Waals surface area contributed by atoms with Crippen LogP contribution in [-0.2, 0) is 13.1 Å². The van der Waals surface area contributed by atoms with Crippen LogP contribution in [0.25, 0.3) is 0 Å². The molecule has 0 fully saturated rings. The summed E-state index contributed by atoms with van der Waals surface area (Å²) in [6.07, 6.45) is 5.47. The van der Waals surface area contributed by atoms with Gasteiger partial charge in [0.1, 0.15) is 0 Å². The Bertz CT molecular complexity index is 777. The minimum absolute atomic E-state index is 0.0849. The lowest BCUT2D eigenvalue weighted by molar-refractivity contribution is 0.0769. The van der Waals surface area contributed by atoms with E-state index in [0.717, 1.165) is 12.1 Å². The predicted octanol–water partition coefficient (Wildman–Crippen LogP) is 1.90. The molecule has 1 amide bonds. The quantitative estimate of drug-likeness (QED) is 0.719. The van der Waals surface area contributed by atoms with Crippen LogP contribution in [0.4, 0.5) is 0 Å². The van der Waals surface area contributed by atoms with Crippen molar-refractivity contribution in [2.24, 2.45) is 0 Å². The van der Waals surface area contributed by atoms with Gasteiger partial charge in [-0.3, -0.25) is 4.79 Å². The molecule has 118 valence electrons. The second kappa shape index (κ2) is 6.43. The van der Waals surface area contributed by atoms with Crippen molar-refractivity contribution >= 4 is 5.91 Å². The maximum absolute atomic E-state index is 12.2. The number of hydrogen-bond acceptors (Lipinski definition) is 5.